The van der Waals surface area contributed by atoms with Gasteiger partial charge in [-0.25, -0.2) is 5.01 Å². The van der Waals surface area contributed by atoms with Gasteiger partial charge < -0.3 is 36.8 Å². The molecule has 2 unspecified atom stereocenters. The number of anilines is 2. The fourth-order valence-electron chi connectivity index (χ4n) is 6.26. The van der Waals surface area contributed by atoms with Crippen molar-refractivity contribution in [2.75, 3.05) is 38.0 Å². The van der Waals surface area contributed by atoms with Crippen LogP contribution in [0.3, 0.4) is 0 Å². The summed E-state index contributed by atoms with van der Waals surface area (Å²) in [6.07, 6.45) is -0.182. The summed E-state index contributed by atoms with van der Waals surface area (Å²) in [5, 5.41) is 54.9. The van der Waals surface area contributed by atoms with Crippen LogP contribution in [0.5, 0.6) is 5.75 Å². The van der Waals surface area contributed by atoms with E-state index in [1.165, 1.54) is 32.1 Å². The van der Waals surface area contributed by atoms with E-state index in [4.69, 9.17) is 5.73 Å². The van der Waals surface area contributed by atoms with E-state index < -0.39 is 75.2 Å². The van der Waals surface area contributed by atoms with Crippen LogP contribution in [0.25, 0.3) is 5.76 Å². The average molecular weight is 601 g/mol. The van der Waals surface area contributed by atoms with E-state index in [1.54, 1.807) is 0 Å². The Hall–Kier alpha value is -4.34. The van der Waals surface area contributed by atoms with Crippen molar-refractivity contribution in [2.24, 2.45) is 22.9 Å². The Labute approximate surface area is 247 Å². The molecule has 3 aliphatic rings. The topological polar surface area (TPSA) is 235 Å². The standard InChI is InChI=1S/C28H36N6O9/c1-27(2,3)30-10-16(35)31-14-9-15(34(6)32-43)12-7-11-8-13-20(33(4)5)23(38)19(26(29)41)25(40)28(13,42)24(39)17(11)22(37)18(12)21(14)36/h9,11,13,20,30,36-37,40,42H,7-8,10H2,1-6H3,(H2,29,41)(H,31,35)/t11?,13?,20-,28-/m0/s1. The van der Waals surface area contributed by atoms with Gasteiger partial charge in [-0.1, -0.05) is 0 Å². The van der Waals surface area contributed by atoms with E-state index in [2.05, 4.69) is 15.9 Å². The summed E-state index contributed by atoms with van der Waals surface area (Å²) in [5.41, 5.74) is 0.720. The van der Waals surface area contributed by atoms with Gasteiger partial charge in [0.2, 0.25) is 11.7 Å². The number of aliphatic hydroxyl groups excluding tert-OH is 2. The fraction of sp³-hybridized carbons (Fsp3) is 0.500. The van der Waals surface area contributed by atoms with Gasteiger partial charge in [-0.05, 0) is 65.3 Å². The van der Waals surface area contributed by atoms with E-state index in [9.17, 15) is 44.5 Å². The van der Waals surface area contributed by atoms with Crippen LogP contribution in [0.1, 0.15) is 38.3 Å². The number of hydrogen-bond donors (Lipinski definition) is 7. The van der Waals surface area contributed by atoms with Crippen molar-refractivity contribution in [3.63, 3.8) is 0 Å². The second-order valence-electron chi connectivity index (χ2n) is 12.4. The van der Waals surface area contributed by atoms with Crippen LogP contribution in [-0.4, -0.2) is 93.6 Å². The normalized spacial score (nSPS) is 25.3. The number of rotatable bonds is 7. The highest BCUT2D eigenvalue weighted by Gasteiger charge is 2.64. The summed E-state index contributed by atoms with van der Waals surface area (Å²) >= 11 is 0. The summed E-state index contributed by atoms with van der Waals surface area (Å²) in [7, 11) is 4.33. The second-order valence-corrected chi connectivity index (χ2v) is 12.4. The van der Waals surface area contributed by atoms with Crippen molar-refractivity contribution in [2.45, 2.75) is 50.8 Å². The predicted molar refractivity (Wildman–Crippen MR) is 155 cm³/mol. The number of Topliss-reactive ketones (excluding diaryl/α,β-unsaturated/α-hetero) is 2. The molecule has 0 spiro atoms. The van der Waals surface area contributed by atoms with E-state index >= 15 is 0 Å². The van der Waals surface area contributed by atoms with Gasteiger partial charge in [0.25, 0.3) is 5.91 Å². The first kappa shape index (κ1) is 31.6. The minimum absolute atomic E-state index is 0.0584. The molecule has 0 heterocycles. The number of aliphatic hydroxyl groups is 3. The number of phenolic OH excluding ortho intramolecular Hbond substituents is 1. The van der Waals surface area contributed by atoms with Crippen LogP contribution in [0.2, 0.25) is 0 Å². The van der Waals surface area contributed by atoms with E-state index in [1.807, 2.05) is 20.8 Å². The lowest BCUT2D eigenvalue weighted by Crippen LogP contribution is -2.65. The molecular formula is C28H36N6O9. The molecule has 8 N–H and O–H groups in total. The number of phenols is 1. The first-order chi connectivity index (χ1) is 19.9. The smallest absolute Gasteiger partial charge is 0.255 e. The molecule has 43 heavy (non-hydrogen) atoms. The molecule has 0 saturated heterocycles. The SMILES string of the molecule is CN(N=O)c1cc(NC(=O)CNC(C)(C)C)c(O)c2c1CC1CC3[C@H](N(C)C)C(=O)C(C(N)=O)=C(O)[C@@]3(O)C(=O)C1=C2O. The van der Waals surface area contributed by atoms with Crippen molar-refractivity contribution in [1.29, 1.82) is 0 Å². The number of fused-ring (bicyclic) bond motifs is 3. The van der Waals surface area contributed by atoms with Crippen molar-refractivity contribution < 1.29 is 39.6 Å². The number of carbonyl (C=O) groups is 4. The van der Waals surface area contributed by atoms with Crippen LogP contribution in [0.15, 0.2) is 28.3 Å². The molecule has 1 saturated carbocycles. The number of ketones is 2. The Bertz CT molecular complexity index is 1510. The molecule has 1 aromatic carbocycles. The third-order valence-corrected chi connectivity index (χ3v) is 8.22. The molecule has 1 fully saturated rings. The largest absolute Gasteiger partial charge is 0.508 e. The molecule has 1 aromatic rings. The van der Waals surface area contributed by atoms with Crippen molar-refractivity contribution >= 4 is 40.5 Å². The number of aromatic hydroxyl groups is 1. The second kappa shape index (κ2) is 10.7. The van der Waals surface area contributed by atoms with Crippen molar-refractivity contribution in [1.82, 2.24) is 10.2 Å². The lowest BCUT2D eigenvalue weighted by atomic mass is 9.57. The molecular weight excluding hydrogens is 564 g/mol. The molecule has 3 aliphatic carbocycles. The van der Waals surface area contributed by atoms with Crippen LogP contribution in [-0.2, 0) is 25.6 Å². The van der Waals surface area contributed by atoms with Crippen molar-refractivity contribution in [3.8, 4) is 5.75 Å². The van der Waals surface area contributed by atoms with Gasteiger partial charge in [0.1, 0.15) is 22.8 Å². The Morgan fingerprint density at radius 2 is 1.79 bits per heavy atom. The number of carbonyl (C=O) groups excluding carboxylic acids is 4. The number of amides is 2. The zero-order chi connectivity index (χ0) is 32.3. The van der Waals surface area contributed by atoms with Gasteiger partial charge >= 0.3 is 0 Å². The predicted octanol–water partition coefficient (Wildman–Crippen LogP) is 0.408. The fourth-order valence-corrected chi connectivity index (χ4v) is 6.26. The highest BCUT2D eigenvalue weighted by molar-refractivity contribution is 6.24. The average Bonchev–Trinajstić information content (AvgIpc) is 2.89. The molecule has 15 nitrogen and oxygen atoms in total. The number of benzene rings is 1. The summed E-state index contributed by atoms with van der Waals surface area (Å²) in [4.78, 5) is 65.1. The Morgan fingerprint density at radius 3 is 2.33 bits per heavy atom. The number of nitroso groups, excluding NO2 is 1. The number of nitrogens with one attached hydrogen (secondary N) is 2. The first-order valence-electron chi connectivity index (χ1n) is 13.5. The van der Waals surface area contributed by atoms with Crippen LogP contribution in [0.4, 0.5) is 11.4 Å². The van der Waals surface area contributed by atoms with Crippen LogP contribution < -0.4 is 21.4 Å². The van der Waals surface area contributed by atoms with E-state index in [0.29, 0.717) is 0 Å². The highest BCUT2D eigenvalue weighted by atomic mass is 16.3. The van der Waals surface area contributed by atoms with Gasteiger partial charge in [0.15, 0.2) is 11.4 Å². The highest BCUT2D eigenvalue weighted by Crippen LogP contribution is 2.54. The number of nitrogens with two attached hydrogens (primary N) is 1. The Balaban J connectivity index is 1.91. The summed E-state index contributed by atoms with van der Waals surface area (Å²) in [6, 6.07) is 0.0773. The van der Waals surface area contributed by atoms with Crippen LogP contribution >= 0.6 is 0 Å². The molecule has 232 valence electrons. The quantitative estimate of drug-likeness (QED) is 0.0975. The zero-order valence-corrected chi connectivity index (χ0v) is 24.7. The number of nitrogens with zero attached hydrogens (tertiary/aromatic N) is 3. The van der Waals surface area contributed by atoms with Crippen LogP contribution in [0, 0.1) is 16.7 Å². The molecule has 4 atom stereocenters. The van der Waals surface area contributed by atoms with E-state index in [-0.39, 0.29) is 47.5 Å². The summed E-state index contributed by atoms with van der Waals surface area (Å²) < 4.78 is 0. The van der Waals surface area contributed by atoms with Crippen molar-refractivity contribution in [3.05, 3.63) is 39.0 Å². The number of primary amides is 1. The number of likely N-dealkylation sites (N-methyl/N-ethyl adjacent to an activating group) is 1. The minimum atomic E-state index is -2.80. The monoisotopic (exact) mass is 600 g/mol. The molecule has 2 amide bonds. The molecule has 0 bridgehead atoms. The summed E-state index contributed by atoms with van der Waals surface area (Å²) in [6.45, 7) is 5.41. The maximum Gasteiger partial charge on any atom is 0.255 e. The Morgan fingerprint density at radius 1 is 1.16 bits per heavy atom. The maximum absolute atomic E-state index is 14.0. The molecule has 0 radical (unpaired) electrons. The van der Waals surface area contributed by atoms with E-state index in [0.717, 1.165) is 5.01 Å². The molecule has 15 heteroatoms. The first-order valence-corrected chi connectivity index (χ1v) is 13.5. The molecule has 4 rings (SSSR count). The third-order valence-electron chi connectivity index (χ3n) is 8.22. The number of hydrogen-bond acceptors (Lipinski definition) is 12. The maximum atomic E-state index is 14.0. The van der Waals surface area contributed by atoms with Gasteiger partial charge in [-0.15, -0.1) is 4.91 Å². The Kier molecular flexibility index (Phi) is 7.89. The van der Waals surface area contributed by atoms with Gasteiger partial charge in [0.05, 0.1) is 34.8 Å². The van der Waals surface area contributed by atoms with Gasteiger partial charge in [0, 0.05) is 24.1 Å². The van der Waals surface area contributed by atoms with Gasteiger partial charge in [-0.3, -0.25) is 24.1 Å². The lowest BCUT2D eigenvalue weighted by Gasteiger charge is -2.50. The molecule has 0 aliphatic heterocycles. The zero-order valence-electron chi connectivity index (χ0n) is 24.7. The minimum Gasteiger partial charge on any atom is -0.508 e. The molecule has 0 aromatic heterocycles. The lowest BCUT2D eigenvalue weighted by molar-refractivity contribution is -0.153. The summed E-state index contributed by atoms with van der Waals surface area (Å²) in [5.74, 6) is -8.62. The third kappa shape index (κ3) is 5.02. The van der Waals surface area contributed by atoms with Gasteiger partial charge in [-0.2, -0.15) is 0 Å².